The molecule has 21 heavy (non-hydrogen) atoms. The molecule has 0 saturated carbocycles. The fourth-order valence-electron chi connectivity index (χ4n) is 3.75. The molecule has 0 aromatic heterocycles. The first-order valence-corrected chi connectivity index (χ1v) is 7.10. The lowest BCUT2D eigenvalue weighted by atomic mass is 9.75. The van der Waals surface area contributed by atoms with Crippen molar-refractivity contribution in [3.63, 3.8) is 0 Å². The van der Waals surface area contributed by atoms with Crippen molar-refractivity contribution in [2.75, 3.05) is 0 Å². The van der Waals surface area contributed by atoms with E-state index >= 15 is 0 Å². The Balaban J connectivity index is 2.24. The summed E-state index contributed by atoms with van der Waals surface area (Å²) in [6.07, 6.45) is 0.878. The molecule has 0 heterocycles. The fraction of sp³-hybridized carbons (Fsp3) is 0.333. The smallest absolute Gasteiger partial charge is 0.157 e. The maximum Gasteiger partial charge on any atom is 0.157 e. The summed E-state index contributed by atoms with van der Waals surface area (Å²) >= 11 is 0. The average molecular weight is 284 g/mol. The van der Waals surface area contributed by atoms with E-state index in [4.69, 9.17) is 0 Å². The summed E-state index contributed by atoms with van der Waals surface area (Å²) in [6, 6.07) is 10.6. The van der Waals surface area contributed by atoms with Crippen molar-refractivity contribution in [3.8, 4) is 17.2 Å². The van der Waals surface area contributed by atoms with E-state index in [-0.39, 0.29) is 28.1 Å². The summed E-state index contributed by atoms with van der Waals surface area (Å²) in [7, 11) is 0. The molecule has 0 bridgehead atoms. The van der Waals surface area contributed by atoms with Gasteiger partial charge in [0.2, 0.25) is 0 Å². The second kappa shape index (κ2) is 4.17. The number of hydrogen-bond acceptors (Lipinski definition) is 3. The highest BCUT2D eigenvalue weighted by atomic mass is 16.3. The Hall–Kier alpha value is -2.16. The summed E-state index contributed by atoms with van der Waals surface area (Å²) in [6.45, 7) is 6.44. The van der Waals surface area contributed by atoms with E-state index in [2.05, 4.69) is 20.8 Å². The second-order valence-electron chi connectivity index (χ2n) is 6.83. The zero-order chi connectivity index (χ0) is 15.4. The molecule has 2 aromatic carbocycles. The summed E-state index contributed by atoms with van der Waals surface area (Å²) in [5, 5.41) is 29.2. The molecule has 0 aliphatic heterocycles. The Labute approximate surface area is 124 Å². The highest BCUT2D eigenvalue weighted by molar-refractivity contribution is 5.58. The van der Waals surface area contributed by atoms with Gasteiger partial charge < -0.3 is 15.3 Å². The van der Waals surface area contributed by atoms with Gasteiger partial charge in [-0.25, -0.2) is 0 Å². The van der Waals surface area contributed by atoms with E-state index in [1.165, 1.54) is 0 Å². The largest absolute Gasteiger partial charge is 0.508 e. The van der Waals surface area contributed by atoms with Crippen LogP contribution in [0.5, 0.6) is 17.2 Å². The average Bonchev–Trinajstić information content (AvgIpc) is 2.59. The molecule has 2 aromatic rings. The Morgan fingerprint density at radius 3 is 1.90 bits per heavy atom. The summed E-state index contributed by atoms with van der Waals surface area (Å²) < 4.78 is 0. The molecule has 1 aliphatic carbocycles. The Bertz CT molecular complexity index is 701. The van der Waals surface area contributed by atoms with Crippen molar-refractivity contribution in [1.82, 2.24) is 0 Å². The third kappa shape index (κ3) is 1.96. The lowest BCUT2D eigenvalue weighted by Crippen LogP contribution is -2.23. The lowest BCUT2D eigenvalue weighted by Gasteiger charge is -2.28. The Kier molecular flexibility index (Phi) is 2.74. The van der Waals surface area contributed by atoms with E-state index in [0.29, 0.717) is 0 Å². The first-order chi connectivity index (χ1) is 9.74. The molecule has 1 aliphatic rings. The number of phenols is 3. The quantitative estimate of drug-likeness (QED) is 0.698. The van der Waals surface area contributed by atoms with E-state index < -0.39 is 0 Å². The van der Waals surface area contributed by atoms with Crippen LogP contribution in [-0.4, -0.2) is 15.3 Å². The van der Waals surface area contributed by atoms with Crippen LogP contribution in [0.2, 0.25) is 0 Å². The molecule has 1 unspecified atom stereocenters. The van der Waals surface area contributed by atoms with Crippen LogP contribution < -0.4 is 0 Å². The number of phenolic OH excluding ortho intramolecular Hbond substituents is 3. The maximum absolute atomic E-state index is 9.89. The molecule has 1 atom stereocenters. The van der Waals surface area contributed by atoms with E-state index in [0.717, 1.165) is 23.1 Å². The van der Waals surface area contributed by atoms with Gasteiger partial charge in [-0.2, -0.15) is 0 Å². The minimum Gasteiger partial charge on any atom is -0.508 e. The highest BCUT2D eigenvalue weighted by Gasteiger charge is 2.46. The van der Waals surface area contributed by atoms with Crippen LogP contribution in [0.3, 0.4) is 0 Å². The fourth-order valence-corrected chi connectivity index (χ4v) is 3.75. The van der Waals surface area contributed by atoms with Crippen molar-refractivity contribution in [2.24, 2.45) is 0 Å². The highest BCUT2D eigenvalue weighted by Crippen LogP contribution is 2.54. The van der Waals surface area contributed by atoms with Crippen LogP contribution in [0, 0.1) is 0 Å². The van der Waals surface area contributed by atoms with E-state index in [1.807, 2.05) is 12.1 Å². The van der Waals surface area contributed by atoms with E-state index in [9.17, 15) is 15.3 Å². The molecule has 0 fully saturated rings. The number of fused-ring (bicyclic) bond motifs is 1. The summed E-state index contributed by atoms with van der Waals surface area (Å²) in [5.41, 5.74) is 2.85. The predicted octanol–water partition coefficient (Wildman–Crippen LogP) is 3.79. The number of rotatable bonds is 1. The first-order valence-electron chi connectivity index (χ1n) is 7.10. The van der Waals surface area contributed by atoms with Gasteiger partial charge in [-0.15, -0.1) is 0 Å². The minimum atomic E-state index is -0.252. The van der Waals surface area contributed by atoms with Gasteiger partial charge in [0.1, 0.15) is 5.75 Å². The van der Waals surface area contributed by atoms with Gasteiger partial charge in [0.05, 0.1) is 0 Å². The minimum absolute atomic E-state index is 0.0724. The van der Waals surface area contributed by atoms with Gasteiger partial charge in [0.25, 0.3) is 0 Å². The molecule has 3 heteroatoms. The second-order valence-corrected chi connectivity index (χ2v) is 6.83. The molecule has 0 saturated heterocycles. The van der Waals surface area contributed by atoms with Crippen molar-refractivity contribution >= 4 is 0 Å². The molecule has 3 N–H and O–H groups in total. The SMILES string of the molecule is CC1(C)CC(C)(c2ccc(O)cc2)c2cc(O)c(O)cc21. The van der Waals surface area contributed by atoms with Crippen LogP contribution in [0.15, 0.2) is 36.4 Å². The third-order valence-electron chi connectivity index (χ3n) is 4.74. The Morgan fingerprint density at radius 2 is 1.33 bits per heavy atom. The van der Waals surface area contributed by atoms with Gasteiger partial charge in [0.15, 0.2) is 11.5 Å². The van der Waals surface area contributed by atoms with Gasteiger partial charge in [-0.3, -0.25) is 0 Å². The van der Waals surface area contributed by atoms with Crippen LogP contribution in [0.1, 0.15) is 43.9 Å². The molecule has 110 valence electrons. The topological polar surface area (TPSA) is 60.7 Å². The third-order valence-corrected chi connectivity index (χ3v) is 4.74. The van der Waals surface area contributed by atoms with Crippen LogP contribution >= 0.6 is 0 Å². The van der Waals surface area contributed by atoms with Crippen molar-refractivity contribution in [3.05, 3.63) is 53.1 Å². The predicted molar refractivity (Wildman–Crippen MR) is 82.0 cm³/mol. The molecule has 0 radical (unpaired) electrons. The molecular formula is C18H20O3. The molecule has 0 spiro atoms. The zero-order valence-corrected chi connectivity index (χ0v) is 12.5. The summed E-state index contributed by atoms with van der Waals surface area (Å²) in [5.74, 6) is 0.0848. The normalized spacial score (nSPS) is 23.0. The van der Waals surface area contributed by atoms with Crippen molar-refractivity contribution in [2.45, 2.75) is 38.0 Å². The van der Waals surface area contributed by atoms with Gasteiger partial charge in [0, 0.05) is 5.41 Å². The molecule has 3 rings (SSSR count). The molecule has 3 nitrogen and oxygen atoms in total. The number of aromatic hydroxyl groups is 3. The lowest BCUT2D eigenvalue weighted by molar-refractivity contribution is 0.401. The Morgan fingerprint density at radius 1 is 0.810 bits per heavy atom. The van der Waals surface area contributed by atoms with Gasteiger partial charge >= 0.3 is 0 Å². The van der Waals surface area contributed by atoms with Crippen LogP contribution in [0.4, 0.5) is 0 Å². The number of benzene rings is 2. The van der Waals surface area contributed by atoms with Crippen molar-refractivity contribution in [1.29, 1.82) is 0 Å². The van der Waals surface area contributed by atoms with Crippen LogP contribution in [0.25, 0.3) is 0 Å². The monoisotopic (exact) mass is 284 g/mol. The van der Waals surface area contributed by atoms with Gasteiger partial charge in [-0.1, -0.05) is 32.9 Å². The van der Waals surface area contributed by atoms with Gasteiger partial charge in [-0.05, 0) is 52.8 Å². The number of hydrogen-bond donors (Lipinski definition) is 3. The van der Waals surface area contributed by atoms with Crippen LogP contribution in [-0.2, 0) is 10.8 Å². The van der Waals surface area contributed by atoms with E-state index in [1.54, 1.807) is 24.3 Å². The molecular weight excluding hydrogens is 264 g/mol. The summed E-state index contributed by atoms with van der Waals surface area (Å²) in [4.78, 5) is 0. The zero-order valence-electron chi connectivity index (χ0n) is 12.5. The molecule has 0 amide bonds. The van der Waals surface area contributed by atoms with Crippen molar-refractivity contribution < 1.29 is 15.3 Å². The first kappa shape index (κ1) is 13.8. The maximum atomic E-state index is 9.89. The standard InChI is InChI=1S/C18H20O3/c1-17(2)10-18(3,11-4-6-12(19)7-5-11)14-9-16(21)15(20)8-13(14)17/h4-9,19-21H,10H2,1-3H3.